The molecule has 1 atom stereocenters. The first-order valence-electron chi connectivity index (χ1n) is 5.72. The van der Waals surface area contributed by atoms with Crippen LogP contribution in [0.5, 0.6) is 5.75 Å². The molecule has 0 spiro atoms. The number of nitrogens with one attached hydrogen (secondary N) is 1. The summed E-state index contributed by atoms with van der Waals surface area (Å²) >= 11 is 5.97. The zero-order valence-electron chi connectivity index (χ0n) is 10.6. The Kier molecular flexibility index (Phi) is 6.34. The molecule has 0 fully saturated rings. The third-order valence-electron chi connectivity index (χ3n) is 2.64. The molecule has 1 rings (SSSR count). The summed E-state index contributed by atoms with van der Waals surface area (Å²) in [6.07, 6.45) is 0.985. The molecule has 4 heteroatoms. The van der Waals surface area contributed by atoms with Crippen molar-refractivity contribution in [3.63, 3.8) is 0 Å². The van der Waals surface area contributed by atoms with E-state index in [1.807, 2.05) is 18.2 Å². The third kappa shape index (κ3) is 4.94. The lowest BCUT2D eigenvalue weighted by molar-refractivity contribution is 0.184. The Morgan fingerprint density at radius 1 is 1.35 bits per heavy atom. The molecular formula is C13H20ClNO2. The lowest BCUT2D eigenvalue weighted by Crippen LogP contribution is -2.26. The molecule has 0 saturated carbocycles. The van der Waals surface area contributed by atoms with Gasteiger partial charge >= 0.3 is 0 Å². The number of benzene rings is 1. The summed E-state index contributed by atoms with van der Waals surface area (Å²) in [7, 11) is 3.38. The van der Waals surface area contributed by atoms with Crippen molar-refractivity contribution in [3.05, 3.63) is 28.8 Å². The maximum absolute atomic E-state index is 5.97. The van der Waals surface area contributed by atoms with E-state index in [9.17, 15) is 0 Å². The zero-order valence-corrected chi connectivity index (χ0v) is 11.4. The smallest absolute Gasteiger partial charge is 0.123 e. The highest BCUT2D eigenvalue weighted by Gasteiger charge is 2.06. The molecule has 17 heavy (non-hydrogen) atoms. The van der Waals surface area contributed by atoms with Crippen LogP contribution in [0.2, 0.25) is 5.02 Å². The van der Waals surface area contributed by atoms with Crippen molar-refractivity contribution >= 4 is 11.6 Å². The fourth-order valence-corrected chi connectivity index (χ4v) is 1.76. The molecule has 0 bridgehead atoms. The van der Waals surface area contributed by atoms with Gasteiger partial charge in [0.05, 0.1) is 7.11 Å². The van der Waals surface area contributed by atoms with E-state index in [1.165, 1.54) is 0 Å². The maximum Gasteiger partial charge on any atom is 0.123 e. The van der Waals surface area contributed by atoms with E-state index in [0.717, 1.165) is 35.9 Å². The monoisotopic (exact) mass is 257 g/mol. The van der Waals surface area contributed by atoms with Gasteiger partial charge in [0.2, 0.25) is 0 Å². The summed E-state index contributed by atoms with van der Waals surface area (Å²) < 4.78 is 10.3. The van der Waals surface area contributed by atoms with Crippen LogP contribution in [0.15, 0.2) is 18.2 Å². The zero-order chi connectivity index (χ0) is 12.7. The minimum Gasteiger partial charge on any atom is -0.496 e. The Balaban J connectivity index is 2.52. The summed E-state index contributed by atoms with van der Waals surface area (Å²) in [6, 6.07) is 6.05. The predicted octanol–water partition coefficient (Wildman–Crippen LogP) is 2.86. The lowest BCUT2D eigenvalue weighted by atomic mass is 10.1. The van der Waals surface area contributed by atoms with E-state index in [2.05, 4.69) is 12.2 Å². The number of methoxy groups -OCH3 is 2. The SMILES string of the molecule is COCCC(C)NCc1cc(Cl)ccc1OC. The Bertz CT molecular complexity index is 344. The first-order chi connectivity index (χ1) is 8.17. The average molecular weight is 258 g/mol. The Hall–Kier alpha value is -0.770. The van der Waals surface area contributed by atoms with Gasteiger partial charge in [-0.25, -0.2) is 0 Å². The second kappa shape index (κ2) is 7.54. The number of hydrogen-bond donors (Lipinski definition) is 1. The van der Waals surface area contributed by atoms with Gasteiger partial charge in [0.25, 0.3) is 0 Å². The third-order valence-corrected chi connectivity index (χ3v) is 2.87. The van der Waals surface area contributed by atoms with Crippen molar-refractivity contribution in [1.82, 2.24) is 5.32 Å². The van der Waals surface area contributed by atoms with Gasteiger partial charge in [0.15, 0.2) is 0 Å². The van der Waals surface area contributed by atoms with Crippen molar-refractivity contribution < 1.29 is 9.47 Å². The molecule has 1 aromatic rings. The highest BCUT2D eigenvalue weighted by molar-refractivity contribution is 6.30. The van der Waals surface area contributed by atoms with Gasteiger partial charge in [0.1, 0.15) is 5.75 Å². The van der Waals surface area contributed by atoms with E-state index >= 15 is 0 Å². The highest BCUT2D eigenvalue weighted by atomic mass is 35.5. The Labute approximate surface area is 108 Å². The average Bonchev–Trinajstić information content (AvgIpc) is 2.34. The van der Waals surface area contributed by atoms with Crippen molar-refractivity contribution in [2.45, 2.75) is 25.9 Å². The van der Waals surface area contributed by atoms with Crippen molar-refractivity contribution in [1.29, 1.82) is 0 Å². The van der Waals surface area contributed by atoms with E-state index in [1.54, 1.807) is 14.2 Å². The molecule has 96 valence electrons. The molecule has 3 nitrogen and oxygen atoms in total. The van der Waals surface area contributed by atoms with Gasteiger partial charge in [-0.2, -0.15) is 0 Å². The molecule has 0 aromatic heterocycles. The van der Waals surface area contributed by atoms with Crippen LogP contribution >= 0.6 is 11.6 Å². The molecular weight excluding hydrogens is 238 g/mol. The van der Waals surface area contributed by atoms with Gasteiger partial charge in [-0.1, -0.05) is 11.6 Å². The van der Waals surface area contributed by atoms with Crippen molar-refractivity contribution in [2.24, 2.45) is 0 Å². The molecule has 0 aliphatic heterocycles. The number of halogens is 1. The first-order valence-corrected chi connectivity index (χ1v) is 6.10. The molecule has 1 aromatic carbocycles. The van der Waals surface area contributed by atoms with Crippen LogP contribution in [-0.2, 0) is 11.3 Å². The van der Waals surface area contributed by atoms with Gasteiger partial charge in [-0.15, -0.1) is 0 Å². The molecule has 0 saturated heterocycles. The van der Waals surface area contributed by atoms with Gasteiger partial charge in [-0.05, 0) is 31.5 Å². The van der Waals surface area contributed by atoms with Crippen LogP contribution in [0, 0.1) is 0 Å². The second-order valence-corrected chi connectivity index (χ2v) is 4.46. The van der Waals surface area contributed by atoms with Crippen LogP contribution in [0.4, 0.5) is 0 Å². The molecule has 0 radical (unpaired) electrons. The molecule has 1 unspecified atom stereocenters. The van der Waals surface area contributed by atoms with Crippen LogP contribution in [0.3, 0.4) is 0 Å². The van der Waals surface area contributed by atoms with E-state index < -0.39 is 0 Å². The molecule has 0 amide bonds. The van der Waals surface area contributed by atoms with Crippen LogP contribution in [-0.4, -0.2) is 26.9 Å². The fraction of sp³-hybridized carbons (Fsp3) is 0.538. The van der Waals surface area contributed by atoms with Crippen LogP contribution < -0.4 is 10.1 Å². The number of ether oxygens (including phenoxy) is 2. The standard InChI is InChI=1S/C13H20ClNO2/c1-10(6-7-16-2)15-9-11-8-12(14)4-5-13(11)17-3/h4-5,8,10,15H,6-7,9H2,1-3H3. The van der Waals surface area contributed by atoms with Crippen molar-refractivity contribution in [2.75, 3.05) is 20.8 Å². The van der Waals surface area contributed by atoms with Crippen molar-refractivity contribution in [3.8, 4) is 5.75 Å². The minimum absolute atomic E-state index is 0.402. The highest BCUT2D eigenvalue weighted by Crippen LogP contribution is 2.22. The quantitative estimate of drug-likeness (QED) is 0.815. The minimum atomic E-state index is 0.402. The Morgan fingerprint density at radius 3 is 2.76 bits per heavy atom. The Morgan fingerprint density at radius 2 is 2.12 bits per heavy atom. The predicted molar refractivity (Wildman–Crippen MR) is 70.8 cm³/mol. The molecule has 0 aliphatic carbocycles. The normalized spacial score (nSPS) is 12.5. The van der Waals surface area contributed by atoms with E-state index in [4.69, 9.17) is 21.1 Å². The summed E-state index contributed by atoms with van der Waals surface area (Å²) in [4.78, 5) is 0. The molecule has 0 aliphatic rings. The summed E-state index contributed by atoms with van der Waals surface area (Å²) in [5.74, 6) is 0.862. The van der Waals surface area contributed by atoms with Gasteiger partial charge in [-0.3, -0.25) is 0 Å². The number of hydrogen-bond acceptors (Lipinski definition) is 3. The summed E-state index contributed by atoms with van der Waals surface area (Å²) in [5, 5.41) is 4.15. The maximum atomic E-state index is 5.97. The molecule has 1 N–H and O–H groups in total. The number of rotatable bonds is 7. The van der Waals surface area contributed by atoms with E-state index in [-0.39, 0.29) is 0 Å². The van der Waals surface area contributed by atoms with E-state index in [0.29, 0.717) is 6.04 Å². The van der Waals surface area contributed by atoms with Gasteiger partial charge in [0, 0.05) is 36.9 Å². The lowest BCUT2D eigenvalue weighted by Gasteiger charge is -2.15. The summed E-state index contributed by atoms with van der Waals surface area (Å²) in [6.45, 7) is 3.64. The topological polar surface area (TPSA) is 30.5 Å². The van der Waals surface area contributed by atoms with Gasteiger partial charge < -0.3 is 14.8 Å². The second-order valence-electron chi connectivity index (χ2n) is 4.02. The van der Waals surface area contributed by atoms with Crippen LogP contribution in [0.25, 0.3) is 0 Å². The first kappa shape index (κ1) is 14.3. The summed E-state index contributed by atoms with van der Waals surface area (Å²) in [5.41, 5.74) is 1.07. The largest absolute Gasteiger partial charge is 0.496 e. The van der Waals surface area contributed by atoms with Crippen LogP contribution in [0.1, 0.15) is 18.9 Å². The molecule has 0 heterocycles. The fourth-order valence-electron chi connectivity index (χ4n) is 1.57.